The van der Waals surface area contributed by atoms with Crippen molar-refractivity contribution in [3.05, 3.63) is 104 Å². The number of ether oxygens (including phenoxy) is 1. The molecule has 0 aliphatic carbocycles. The summed E-state index contributed by atoms with van der Waals surface area (Å²) in [6.45, 7) is 4.19. The van der Waals surface area contributed by atoms with Crippen LogP contribution in [-0.2, 0) is 17.8 Å². The highest BCUT2D eigenvalue weighted by Gasteiger charge is 2.08. The highest BCUT2D eigenvalue weighted by Crippen LogP contribution is 2.23. The number of non-ortho nitro benzene ring substituents is 1. The van der Waals surface area contributed by atoms with Crippen LogP contribution in [0.15, 0.2) is 65.8 Å². The van der Waals surface area contributed by atoms with Crippen LogP contribution in [0.2, 0.25) is 5.02 Å². The Morgan fingerprint density at radius 1 is 1.12 bits per heavy atom. The molecule has 0 aromatic heterocycles. The van der Waals surface area contributed by atoms with Crippen molar-refractivity contribution in [1.82, 2.24) is 5.43 Å². The van der Waals surface area contributed by atoms with Gasteiger partial charge in [-0.15, -0.1) is 0 Å². The number of aryl methyl sites for hydroxylation is 2. The summed E-state index contributed by atoms with van der Waals surface area (Å²) >= 11 is 6.09. The molecule has 1 N–H and O–H groups in total. The van der Waals surface area contributed by atoms with Gasteiger partial charge in [-0.05, 0) is 60.9 Å². The number of carbonyl (C=O) groups is 1. The van der Waals surface area contributed by atoms with Gasteiger partial charge in [-0.25, -0.2) is 5.43 Å². The van der Waals surface area contributed by atoms with Crippen LogP contribution in [0.25, 0.3) is 0 Å². The first-order valence-corrected chi connectivity index (χ1v) is 10.2. The molecule has 3 aromatic rings. The van der Waals surface area contributed by atoms with Crippen molar-refractivity contribution in [1.29, 1.82) is 0 Å². The van der Waals surface area contributed by atoms with E-state index < -0.39 is 4.92 Å². The number of hydrazone groups is 1. The Bertz CT molecular complexity index is 1160. The highest BCUT2D eigenvalue weighted by molar-refractivity contribution is 6.30. The fourth-order valence-electron chi connectivity index (χ4n) is 3.06. The number of hydrogen-bond acceptors (Lipinski definition) is 5. The lowest BCUT2D eigenvalue weighted by Gasteiger charge is -2.10. The van der Waals surface area contributed by atoms with E-state index in [4.69, 9.17) is 16.3 Å². The number of amides is 1. The first-order valence-electron chi connectivity index (χ1n) is 9.85. The lowest BCUT2D eigenvalue weighted by molar-refractivity contribution is -0.384. The molecule has 0 saturated carbocycles. The summed E-state index contributed by atoms with van der Waals surface area (Å²) in [5.41, 5.74) is 7.05. The maximum Gasteiger partial charge on any atom is 0.269 e. The third-order valence-electron chi connectivity index (χ3n) is 4.76. The molecule has 0 fully saturated rings. The third kappa shape index (κ3) is 6.39. The number of halogens is 1. The Morgan fingerprint density at radius 3 is 2.56 bits per heavy atom. The highest BCUT2D eigenvalue weighted by atomic mass is 35.5. The maximum atomic E-state index is 12.2. The molecule has 0 spiro atoms. The monoisotopic (exact) mass is 451 g/mol. The van der Waals surface area contributed by atoms with Crippen LogP contribution in [0.4, 0.5) is 5.69 Å². The Labute approximate surface area is 190 Å². The molecular formula is C24H22ClN3O4. The van der Waals surface area contributed by atoms with Gasteiger partial charge in [0.05, 0.1) is 17.6 Å². The van der Waals surface area contributed by atoms with E-state index in [0.29, 0.717) is 16.3 Å². The molecule has 7 nitrogen and oxygen atoms in total. The molecule has 0 saturated heterocycles. The van der Waals surface area contributed by atoms with Crippen LogP contribution in [0.5, 0.6) is 5.75 Å². The molecule has 3 rings (SSSR count). The average molecular weight is 452 g/mol. The second kappa shape index (κ2) is 10.5. The second-order valence-corrected chi connectivity index (χ2v) is 7.73. The number of nitro benzene ring substituents is 1. The number of nitrogens with zero attached hydrogens (tertiary/aromatic N) is 2. The number of nitrogens with one attached hydrogen (secondary N) is 1. The smallest absolute Gasteiger partial charge is 0.269 e. The summed E-state index contributed by atoms with van der Waals surface area (Å²) in [6, 6.07) is 17.1. The van der Waals surface area contributed by atoms with Gasteiger partial charge >= 0.3 is 0 Å². The van der Waals surface area contributed by atoms with E-state index in [-0.39, 0.29) is 24.6 Å². The summed E-state index contributed by atoms with van der Waals surface area (Å²) < 4.78 is 5.83. The van der Waals surface area contributed by atoms with Crippen LogP contribution in [0.1, 0.15) is 27.8 Å². The lowest BCUT2D eigenvalue weighted by Crippen LogP contribution is -2.20. The summed E-state index contributed by atoms with van der Waals surface area (Å²) in [5, 5.41) is 15.3. The van der Waals surface area contributed by atoms with E-state index in [9.17, 15) is 14.9 Å². The topological polar surface area (TPSA) is 93.8 Å². The fraction of sp³-hybridized carbons (Fsp3) is 0.167. The van der Waals surface area contributed by atoms with Crippen LogP contribution < -0.4 is 10.2 Å². The van der Waals surface area contributed by atoms with E-state index in [2.05, 4.69) is 10.5 Å². The molecule has 32 heavy (non-hydrogen) atoms. The van der Waals surface area contributed by atoms with Crippen molar-refractivity contribution in [3.8, 4) is 5.75 Å². The lowest BCUT2D eigenvalue weighted by atomic mass is 10.0. The van der Waals surface area contributed by atoms with Crippen molar-refractivity contribution in [3.63, 3.8) is 0 Å². The number of rotatable bonds is 8. The van der Waals surface area contributed by atoms with Gasteiger partial charge in [0.2, 0.25) is 5.91 Å². The maximum absolute atomic E-state index is 12.2. The van der Waals surface area contributed by atoms with Gasteiger partial charge in [0.15, 0.2) is 0 Å². The molecule has 0 radical (unpaired) electrons. The number of hydrogen-bond donors (Lipinski definition) is 1. The molecule has 3 aromatic carbocycles. The van der Waals surface area contributed by atoms with Crippen molar-refractivity contribution < 1.29 is 14.5 Å². The van der Waals surface area contributed by atoms with Crippen LogP contribution in [0.3, 0.4) is 0 Å². The summed E-state index contributed by atoms with van der Waals surface area (Å²) in [7, 11) is 0. The Kier molecular flexibility index (Phi) is 7.57. The zero-order chi connectivity index (χ0) is 23.1. The molecule has 0 aliphatic heterocycles. The van der Waals surface area contributed by atoms with Crippen LogP contribution >= 0.6 is 11.6 Å². The standard InChI is InChI=1S/C24H22ClN3O4/c1-16-3-6-19(17(2)11-16)13-24(29)27-26-14-20-12-21(25)7-10-23(20)32-15-18-4-8-22(9-5-18)28(30)31/h3-12,14H,13,15H2,1-2H3,(H,27,29)/b26-14+. The van der Waals surface area contributed by atoms with Gasteiger partial charge in [0.1, 0.15) is 12.4 Å². The predicted octanol–water partition coefficient (Wildman–Crippen LogP) is 5.14. The molecule has 0 atom stereocenters. The molecule has 0 bridgehead atoms. The summed E-state index contributed by atoms with van der Waals surface area (Å²) in [5.74, 6) is 0.281. The van der Waals surface area contributed by atoms with Gasteiger partial charge < -0.3 is 4.74 Å². The molecule has 1 amide bonds. The predicted molar refractivity (Wildman–Crippen MR) is 124 cm³/mol. The third-order valence-corrected chi connectivity index (χ3v) is 4.99. The molecule has 0 unspecified atom stereocenters. The van der Waals surface area contributed by atoms with E-state index in [1.165, 1.54) is 18.3 Å². The van der Waals surface area contributed by atoms with Crippen LogP contribution in [-0.4, -0.2) is 17.0 Å². The van der Waals surface area contributed by atoms with E-state index in [0.717, 1.165) is 22.3 Å². The number of nitro groups is 1. The van der Waals surface area contributed by atoms with Gasteiger partial charge in [-0.2, -0.15) is 5.10 Å². The van der Waals surface area contributed by atoms with E-state index >= 15 is 0 Å². The summed E-state index contributed by atoms with van der Waals surface area (Å²) in [4.78, 5) is 22.6. The van der Waals surface area contributed by atoms with E-state index in [1.54, 1.807) is 30.3 Å². The quantitative estimate of drug-likeness (QED) is 0.291. The van der Waals surface area contributed by atoms with Gasteiger partial charge in [-0.1, -0.05) is 35.4 Å². The molecule has 0 heterocycles. The van der Waals surface area contributed by atoms with Crippen LogP contribution in [0, 0.1) is 24.0 Å². The average Bonchev–Trinajstić information content (AvgIpc) is 2.75. The van der Waals surface area contributed by atoms with Crippen molar-refractivity contribution in [2.24, 2.45) is 5.10 Å². The van der Waals surface area contributed by atoms with Crippen molar-refractivity contribution in [2.45, 2.75) is 26.9 Å². The van der Waals surface area contributed by atoms with Gasteiger partial charge in [-0.3, -0.25) is 14.9 Å². The minimum atomic E-state index is -0.452. The molecule has 8 heteroatoms. The minimum Gasteiger partial charge on any atom is -0.488 e. The zero-order valence-corrected chi connectivity index (χ0v) is 18.4. The van der Waals surface area contributed by atoms with E-state index in [1.807, 2.05) is 32.0 Å². The zero-order valence-electron chi connectivity index (χ0n) is 17.7. The second-order valence-electron chi connectivity index (χ2n) is 7.29. The largest absolute Gasteiger partial charge is 0.488 e. The minimum absolute atomic E-state index is 0.0182. The molecule has 0 aliphatic rings. The van der Waals surface area contributed by atoms with Gasteiger partial charge in [0, 0.05) is 22.7 Å². The first-order chi connectivity index (χ1) is 15.3. The van der Waals surface area contributed by atoms with Crippen molar-refractivity contribution in [2.75, 3.05) is 0 Å². The Balaban J connectivity index is 1.63. The first kappa shape index (κ1) is 23.0. The van der Waals surface area contributed by atoms with Gasteiger partial charge in [0.25, 0.3) is 5.69 Å². The summed E-state index contributed by atoms with van der Waals surface area (Å²) in [6.07, 6.45) is 1.69. The fourth-order valence-corrected chi connectivity index (χ4v) is 3.24. The molecule has 164 valence electrons. The number of benzene rings is 3. The SMILES string of the molecule is Cc1ccc(CC(=O)N/N=C/c2cc(Cl)ccc2OCc2ccc([N+](=O)[O-])cc2)c(C)c1. The normalized spacial score (nSPS) is 10.8. The Morgan fingerprint density at radius 2 is 1.88 bits per heavy atom. The van der Waals surface area contributed by atoms with Crippen molar-refractivity contribution >= 4 is 29.4 Å². The Hall–Kier alpha value is -3.71. The molecular weight excluding hydrogens is 430 g/mol. The number of carbonyl (C=O) groups excluding carboxylic acids is 1.